The van der Waals surface area contributed by atoms with Gasteiger partial charge in [0.1, 0.15) is 6.33 Å². The van der Waals surface area contributed by atoms with Crippen molar-refractivity contribution in [1.29, 1.82) is 0 Å². The van der Waals surface area contributed by atoms with Crippen LogP contribution in [-0.2, 0) is 13.1 Å². The maximum absolute atomic E-state index is 6.18. The zero-order valence-electron chi connectivity index (χ0n) is 8.57. The summed E-state index contributed by atoms with van der Waals surface area (Å²) in [5.41, 5.74) is 4.16. The van der Waals surface area contributed by atoms with E-state index in [1.54, 1.807) is 6.33 Å². The Hall–Kier alpha value is -1.45. The Morgan fingerprint density at radius 3 is 2.88 bits per heavy atom. The van der Waals surface area contributed by atoms with Crippen LogP contribution in [0.3, 0.4) is 0 Å². The minimum absolute atomic E-state index is 0.732. The standard InChI is InChI=1S/C12H10ClN3/c13-10-4-2-1-3-8(10)12-9-5-14-6-11(9)15-7-16-12/h1-4,7,14H,5-6H2. The van der Waals surface area contributed by atoms with Crippen LogP contribution < -0.4 is 5.32 Å². The first kappa shape index (κ1) is 9.75. The average molecular weight is 232 g/mol. The summed E-state index contributed by atoms with van der Waals surface area (Å²) in [6.45, 7) is 1.63. The fraction of sp³-hybridized carbons (Fsp3) is 0.167. The second kappa shape index (κ2) is 3.85. The first-order valence-electron chi connectivity index (χ1n) is 5.14. The van der Waals surface area contributed by atoms with Crippen LogP contribution in [0.5, 0.6) is 0 Å². The summed E-state index contributed by atoms with van der Waals surface area (Å²) >= 11 is 6.18. The lowest BCUT2D eigenvalue weighted by Crippen LogP contribution is -2.00. The van der Waals surface area contributed by atoms with E-state index in [9.17, 15) is 0 Å². The van der Waals surface area contributed by atoms with Crippen LogP contribution in [0, 0.1) is 0 Å². The molecule has 0 aliphatic carbocycles. The molecule has 16 heavy (non-hydrogen) atoms. The molecule has 1 aliphatic rings. The van der Waals surface area contributed by atoms with Crippen molar-refractivity contribution < 1.29 is 0 Å². The molecular formula is C12H10ClN3. The summed E-state index contributed by atoms with van der Waals surface area (Å²) < 4.78 is 0. The van der Waals surface area contributed by atoms with Gasteiger partial charge in [-0.3, -0.25) is 0 Å². The molecule has 0 saturated carbocycles. The smallest absolute Gasteiger partial charge is 0.116 e. The van der Waals surface area contributed by atoms with E-state index in [-0.39, 0.29) is 0 Å². The van der Waals surface area contributed by atoms with Crippen molar-refractivity contribution in [2.45, 2.75) is 13.1 Å². The van der Waals surface area contributed by atoms with Crippen molar-refractivity contribution in [1.82, 2.24) is 15.3 Å². The van der Waals surface area contributed by atoms with Gasteiger partial charge in [-0.1, -0.05) is 29.8 Å². The maximum atomic E-state index is 6.18. The van der Waals surface area contributed by atoms with Crippen LogP contribution in [0.4, 0.5) is 0 Å². The van der Waals surface area contributed by atoms with Crippen LogP contribution in [0.25, 0.3) is 11.3 Å². The lowest BCUT2D eigenvalue weighted by molar-refractivity contribution is 0.758. The normalized spacial score (nSPS) is 13.8. The monoisotopic (exact) mass is 231 g/mol. The molecule has 0 spiro atoms. The number of fused-ring (bicyclic) bond motifs is 1. The molecule has 1 N–H and O–H groups in total. The Morgan fingerprint density at radius 1 is 1.12 bits per heavy atom. The molecule has 1 aromatic heterocycles. The van der Waals surface area contributed by atoms with Gasteiger partial charge in [0.05, 0.1) is 11.4 Å². The molecule has 80 valence electrons. The quantitative estimate of drug-likeness (QED) is 0.819. The molecular weight excluding hydrogens is 222 g/mol. The summed E-state index contributed by atoms with van der Waals surface area (Å²) in [7, 11) is 0. The first-order valence-corrected chi connectivity index (χ1v) is 5.52. The van der Waals surface area contributed by atoms with E-state index in [1.165, 1.54) is 0 Å². The molecule has 0 amide bonds. The lowest BCUT2D eigenvalue weighted by atomic mass is 10.1. The van der Waals surface area contributed by atoms with Crippen molar-refractivity contribution in [2.75, 3.05) is 0 Å². The third-order valence-corrected chi connectivity index (χ3v) is 3.09. The third-order valence-electron chi connectivity index (χ3n) is 2.76. The first-order chi connectivity index (χ1) is 7.86. The summed E-state index contributed by atoms with van der Waals surface area (Å²) in [6.07, 6.45) is 1.60. The molecule has 3 rings (SSSR count). The van der Waals surface area contributed by atoms with Crippen molar-refractivity contribution in [3.63, 3.8) is 0 Å². The van der Waals surface area contributed by atoms with E-state index in [0.717, 1.165) is 40.6 Å². The highest BCUT2D eigenvalue weighted by atomic mass is 35.5. The van der Waals surface area contributed by atoms with E-state index in [4.69, 9.17) is 11.6 Å². The summed E-state index contributed by atoms with van der Waals surface area (Å²) in [6, 6.07) is 7.76. The molecule has 1 aliphatic heterocycles. The highest BCUT2D eigenvalue weighted by Gasteiger charge is 2.18. The maximum Gasteiger partial charge on any atom is 0.116 e. The van der Waals surface area contributed by atoms with Gasteiger partial charge in [-0.05, 0) is 6.07 Å². The van der Waals surface area contributed by atoms with Crippen LogP contribution in [0.15, 0.2) is 30.6 Å². The summed E-state index contributed by atoms with van der Waals surface area (Å²) in [5, 5.41) is 4.00. The number of nitrogens with zero attached hydrogens (tertiary/aromatic N) is 2. The molecule has 0 atom stereocenters. The van der Waals surface area contributed by atoms with Gasteiger partial charge in [-0.2, -0.15) is 0 Å². The van der Waals surface area contributed by atoms with E-state index in [0.29, 0.717) is 0 Å². The molecule has 4 heteroatoms. The second-order valence-corrected chi connectivity index (χ2v) is 4.14. The SMILES string of the molecule is Clc1ccccc1-c1ncnc2c1CNC2. The molecule has 0 radical (unpaired) electrons. The van der Waals surface area contributed by atoms with Gasteiger partial charge >= 0.3 is 0 Å². The zero-order valence-corrected chi connectivity index (χ0v) is 9.33. The average Bonchev–Trinajstić information content (AvgIpc) is 2.77. The van der Waals surface area contributed by atoms with Crippen LogP contribution in [-0.4, -0.2) is 9.97 Å². The molecule has 2 aromatic rings. The van der Waals surface area contributed by atoms with Gasteiger partial charge in [-0.25, -0.2) is 9.97 Å². The van der Waals surface area contributed by atoms with E-state index < -0.39 is 0 Å². The van der Waals surface area contributed by atoms with E-state index in [2.05, 4.69) is 15.3 Å². The lowest BCUT2D eigenvalue weighted by Gasteiger charge is -2.07. The molecule has 0 bridgehead atoms. The minimum Gasteiger partial charge on any atom is -0.307 e. The number of nitrogens with one attached hydrogen (secondary N) is 1. The van der Waals surface area contributed by atoms with E-state index >= 15 is 0 Å². The van der Waals surface area contributed by atoms with Crippen molar-refractivity contribution in [2.24, 2.45) is 0 Å². The Balaban J connectivity index is 2.21. The van der Waals surface area contributed by atoms with Crippen molar-refractivity contribution in [3.05, 3.63) is 46.9 Å². The Kier molecular flexibility index (Phi) is 2.35. The van der Waals surface area contributed by atoms with Crippen LogP contribution >= 0.6 is 11.6 Å². The molecule has 2 heterocycles. The predicted molar refractivity (Wildman–Crippen MR) is 63.0 cm³/mol. The van der Waals surface area contributed by atoms with E-state index in [1.807, 2.05) is 24.3 Å². The topological polar surface area (TPSA) is 37.8 Å². The molecule has 3 nitrogen and oxygen atoms in total. The number of hydrogen-bond donors (Lipinski definition) is 1. The van der Waals surface area contributed by atoms with Crippen molar-refractivity contribution in [3.8, 4) is 11.3 Å². The summed E-state index contributed by atoms with van der Waals surface area (Å²) in [5.74, 6) is 0. The van der Waals surface area contributed by atoms with Crippen molar-refractivity contribution >= 4 is 11.6 Å². The van der Waals surface area contributed by atoms with Gasteiger partial charge in [0.15, 0.2) is 0 Å². The van der Waals surface area contributed by atoms with Crippen LogP contribution in [0.1, 0.15) is 11.3 Å². The number of aromatic nitrogens is 2. The fourth-order valence-corrected chi connectivity index (χ4v) is 2.20. The zero-order chi connectivity index (χ0) is 11.0. The largest absolute Gasteiger partial charge is 0.307 e. The number of halogens is 1. The predicted octanol–water partition coefficient (Wildman–Crippen LogP) is 2.40. The molecule has 1 aromatic carbocycles. The minimum atomic E-state index is 0.732. The van der Waals surface area contributed by atoms with Gasteiger partial charge < -0.3 is 5.32 Å². The molecule has 0 unspecified atom stereocenters. The highest BCUT2D eigenvalue weighted by molar-refractivity contribution is 6.33. The van der Waals surface area contributed by atoms with Gasteiger partial charge in [0, 0.05) is 29.2 Å². The van der Waals surface area contributed by atoms with Gasteiger partial charge in [0.2, 0.25) is 0 Å². The fourth-order valence-electron chi connectivity index (χ4n) is 1.98. The third kappa shape index (κ3) is 1.49. The van der Waals surface area contributed by atoms with Gasteiger partial charge in [0.25, 0.3) is 0 Å². The number of hydrogen-bond acceptors (Lipinski definition) is 3. The number of rotatable bonds is 1. The Bertz CT molecular complexity index is 540. The van der Waals surface area contributed by atoms with Gasteiger partial charge in [-0.15, -0.1) is 0 Å². The Labute approximate surface area is 98.5 Å². The van der Waals surface area contributed by atoms with Crippen LogP contribution in [0.2, 0.25) is 5.02 Å². The summed E-state index contributed by atoms with van der Waals surface area (Å²) in [4.78, 5) is 8.60. The molecule has 0 saturated heterocycles. The second-order valence-electron chi connectivity index (χ2n) is 3.73. The highest BCUT2D eigenvalue weighted by Crippen LogP contribution is 2.30. The number of benzene rings is 1. The molecule has 0 fully saturated rings. The Morgan fingerprint density at radius 2 is 2.00 bits per heavy atom.